The topological polar surface area (TPSA) is 9.23 Å². The maximum atomic E-state index is 6.17. The number of hydrogen-bond donors (Lipinski definition) is 0. The average Bonchev–Trinajstić information content (AvgIpc) is 3.41. The van der Waals surface area contributed by atoms with Crippen LogP contribution in [0.25, 0.3) is 12.2 Å². The third-order valence-electron chi connectivity index (χ3n) is 5.38. The smallest absolute Gasteiger partial charge is 0.156 e. The lowest BCUT2D eigenvalue weighted by molar-refractivity contribution is -0.917. The summed E-state index contributed by atoms with van der Waals surface area (Å²) in [6.07, 6.45) is 5.83. The number of likely N-dealkylation sites (N-methyl/N-ethyl adjacent to an activating group) is 1. The number of rotatable bonds is 7. The standard InChI is InChI=1S/C22H28NO.HI/c1-4-23(3,5-2)21-17-22(21)24-20-15-13-19(14-16-20)12-11-18-9-7-6-8-10-18;/h6-16,21-22H,4-5,17H2,1-3H3;1H/q+1;/p-1/b12-11+;/t21-,22-;/m1./s1. The molecule has 0 aliphatic heterocycles. The SMILES string of the molecule is CC[N+](C)(CC)[C@@H]1C[C@H]1Oc1ccc(/C=C/c2ccccc2)cc1.[I-]. The van der Waals surface area contributed by atoms with E-state index >= 15 is 0 Å². The van der Waals surface area contributed by atoms with Gasteiger partial charge in [-0.2, -0.15) is 0 Å². The van der Waals surface area contributed by atoms with E-state index in [9.17, 15) is 0 Å². The Balaban J connectivity index is 0.00000225. The molecule has 2 nitrogen and oxygen atoms in total. The summed E-state index contributed by atoms with van der Waals surface area (Å²) < 4.78 is 7.28. The van der Waals surface area contributed by atoms with Gasteiger partial charge in [-0.3, -0.25) is 0 Å². The van der Waals surface area contributed by atoms with E-state index in [4.69, 9.17) is 4.74 Å². The van der Waals surface area contributed by atoms with Gasteiger partial charge in [-0.05, 0) is 37.1 Å². The van der Waals surface area contributed by atoms with Crippen molar-refractivity contribution in [2.75, 3.05) is 20.1 Å². The van der Waals surface area contributed by atoms with E-state index in [1.165, 1.54) is 30.6 Å². The monoisotopic (exact) mass is 449 g/mol. The molecule has 1 fully saturated rings. The highest BCUT2D eigenvalue weighted by Crippen LogP contribution is 2.36. The molecule has 1 saturated carbocycles. The number of nitrogens with zero attached hydrogens (tertiary/aromatic N) is 1. The second-order valence-electron chi connectivity index (χ2n) is 6.88. The zero-order chi connectivity index (χ0) is 17.0. The van der Waals surface area contributed by atoms with Gasteiger partial charge in [0.25, 0.3) is 0 Å². The highest BCUT2D eigenvalue weighted by atomic mass is 127. The third kappa shape index (κ3) is 5.08. The molecule has 3 heteroatoms. The lowest BCUT2D eigenvalue weighted by Gasteiger charge is -2.32. The lowest BCUT2D eigenvalue weighted by atomic mass is 10.1. The van der Waals surface area contributed by atoms with Gasteiger partial charge in [0, 0.05) is 6.42 Å². The molecule has 134 valence electrons. The molecular weight excluding hydrogens is 421 g/mol. The first-order valence-electron chi connectivity index (χ1n) is 8.98. The predicted octanol–water partition coefficient (Wildman–Crippen LogP) is 1.87. The van der Waals surface area contributed by atoms with Crippen molar-refractivity contribution >= 4 is 12.2 Å². The molecule has 25 heavy (non-hydrogen) atoms. The highest BCUT2D eigenvalue weighted by Gasteiger charge is 2.52. The van der Waals surface area contributed by atoms with Crippen LogP contribution in [0.5, 0.6) is 5.75 Å². The Bertz CT molecular complexity index is 677. The molecule has 0 aromatic heterocycles. The number of hydrogen-bond acceptors (Lipinski definition) is 1. The van der Waals surface area contributed by atoms with E-state index in [1.54, 1.807) is 0 Å². The molecule has 0 radical (unpaired) electrons. The summed E-state index contributed by atoms with van der Waals surface area (Å²) in [5.74, 6) is 0.984. The molecular formula is C22H28INO. The van der Waals surface area contributed by atoms with Crippen LogP contribution < -0.4 is 28.7 Å². The van der Waals surface area contributed by atoms with Crippen LogP contribution in [0.1, 0.15) is 31.4 Å². The number of quaternary nitrogens is 1. The molecule has 3 rings (SSSR count). The number of benzene rings is 2. The van der Waals surface area contributed by atoms with E-state index in [-0.39, 0.29) is 24.0 Å². The van der Waals surface area contributed by atoms with Crippen LogP contribution in [0.3, 0.4) is 0 Å². The fourth-order valence-corrected chi connectivity index (χ4v) is 3.22. The number of ether oxygens (including phenoxy) is 1. The molecule has 0 spiro atoms. The van der Waals surface area contributed by atoms with Crippen molar-refractivity contribution < 1.29 is 33.2 Å². The van der Waals surface area contributed by atoms with Gasteiger partial charge in [-0.25, -0.2) is 0 Å². The van der Waals surface area contributed by atoms with Gasteiger partial charge in [0.15, 0.2) is 6.10 Å². The van der Waals surface area contributed by atoms with Gasteiger partial charge < -0.3 is 33.2 Å². The van der Waals surface area contributed by atoms with Crippen molar-refractivity contribution in [3.63, 3.8) is 0 Å². The summed E-state index contributed by atoms with van der Waals surface area (Å²) in [6, 6.07) is 19.4. The molecule has 2 atom stereocenters. The van der Waals surface area contributed by atoms with Crippen LogP contribution >= 0.6 is 0 Å². The highest BCUT2D eigenvalue weighted by molar-refractivity contribution is 5.69. The first-order valence-corrected chi connectivity index (χ1v) is 8.98. The second-order valence-corrected chi connectivity index (χ2v) is 6.88. The zero-order valence-corrected chi connectivity index (χ0v) is 17.5. The fraction of sp³-hybridized carbons (Fsp3) is 0.364. The average molecular weight is 449 g/mol. The Morgan fingerprint density at radius 2 is 1.48 bits per heavy atom. The fourth-order valence-electron chi connectivity index (χ4n) is 3.22. The Hall–Kier alpha value is -1.33. The molecule has 0 heterocycles. The van der Waals surface area contributed by atoms with E-state index in [2.05, 4.69) is 81.6 Å². The van der Waals surface area contributed by atoms with Gasteiger partial charge in [-0.15, -0.1) is 0 Å². The van der Waals surface area contributed by atoms with Gasteiger partial charge >= 0.3 is 0 Å². The van der Waals surface area contributed by atoms with Crippen LogP contribution in [-0.2, 0) is 0 Å². The van der Waals surface area contributed by atoms with Crippen molar-refractivity contribution in [1.29, 1.82) is 0 Å². The van der Waals surface area contributed by atoms with Gasteiger partial charge in [0.1, 0.15) is 11.8 Å². The lowest BCUT2D eigenvalue weighted by Crippen LogP contribution is -3.00. The molecule has 2 aromatic carbocycles. The summed E-state index contributed by atoms with van der Waals surface area (Å²) >= 11 is 0. The van der Waals surface area contributed by atoms with Crippen molar-refractivity contribution in [2.45, 2.75) is 32.4 Å². The minimum absolute atomic E-state index is 0. The van der Waals surface area contributed by atoms with Gasteiger partial charge in [-0.1, -0.05) is 54.6 Å². The van der Waals surface area contributed by atoms with Gasteiger partial charge in [0.05, 0.1) is 20.1 Å². The quantitative estimate of drug-likeness (QED) is 0.357. The van der Waals surface area contributed by atoms with Crippen LogP contribution in [0.15, 0.2) is 54.6 Å². The normalized spacial score (nSPS) is 19.5. The zero-order valence-electron chi connectivity index (χ0n) is 15.4. The summed E-state index contributed by atoms with van der Waals surface area (Å²) in [4.78, 5) is 0. The largest absolute Gasteiger partial charge is 1.00 e. The van der Waals surface area contributed by atoms with E-state index in [1.807, 2.05) is 6.07 Å². The molecule has 2 aromatic rings. The molecule has 1 aliphatic rings. The summed E-state index contributed by atoms with van der Waals surface area (Å²) in [5.41, 5.74) is 2.41. The molecule has 0 unspecified atom stereocenters. The van der Waals surface area contributed by atoms with E-state index < -0.39 is 0 Å². The Morgan fingerprint density at radius 3 is 2.04 bits per heavy atom. The van der Waals surface area contributed by atoms with Crippen LogP contribution in [0, 0.1) is 0 Å². The molecule has 0 amide bonds. The first kappa shape index (κ1) is 20.0. The molecule has 0 bridgehead atoms. The van der Waals surface area contributed by atoms with Crippen LogP contribution in [-0.4, -0.2) is 36.8 Å². The summed E-state index contributed by atoms with van der Waals surface area (Å²) in [7, 11) is 2.34. The molecule has 0 saturated heterocycles. The second kappa shape index (κ2) is 8.86. The van der Waals surface area contributed by atoms with Crippen molar-refractivity contribution in [2.24, 2.45) is 0 Å². The molecule has 0 N–H and O–H groups in total. The maximum Gasteiger partial charge on any atom is 0.156 e. The van der Waals surface area contributed by atoms with E-state index in [0.29, 0.717) is 12.1 Å². The van der Waals surface area contributed by atoms with Crippen LogP contribution in [0.4, 0.5) is 0 Å². The van der Waals surface area contributed by atoms with Crippen LogP contribution in [0.2, 0.25) is 0 Å². The minimum Gasteiger partial charge on any atom is -1.00 e. The van der Waals surface area contributed by atoms with Crippen molar-refractivity contribution in [3.05, 3.63) is 65.7 Å². The maximum absolute atomic E-state index is 6.17. The first-order chi connectivity index (χ1) is 11.6. The van der Waals surface area contributed by atoms with Gasteiger partial charge in [0.2, 0.25) is 0 Å². The minimum atomic E-state index is 0. The van der Waals surface area contributed by atoms with E-state index in [0.717, 1.165) is 10.2 Å². The Kier molecular flexibility index (Phi) is 7.08. The Morgan fingerprint density at radius 1 is 0.920 bits per heavy atom. The summed E-state index contributed by atoms with van der Waals surface area (Å²) in [5, 5.41) is 0. The Labute approximate surface area is 169 Å². The predicted molar refractivity (Wildman–Crippen MR) is 102 cm³/mol. The van der Waals surface area contributed by atoms with Crippen molar-refractivity contribution in [1.82, 2.24) is 0 Å². The third-order valence-corrected chi connectivity index (χ3v) is 5.38. The molecule has 1 aliphatic carbocycles. The van der Waals surface area contributed by atoms with Crippen molar-refractivity contribution in [3.8, 4) is 5.75 Å². The summed E-state index contributed by atoms with van der Waals surface area (Å²) in [6.45, 7) is 6.88. The number of halogens is 1.